The van der Waals surface area contributed by atoms with Crippen molar-refractivity contribution >= 4 is 11.6 Å². The van der Waals surface area contributed by atoms with Crippen molar-refractivity contribution in [2.45, 2.75) is 13.8 Å². The number of carbonyl (C=O) groups excluding carboxylic acids is 1. The number of hydrogen-bond acceptors (Lipinski definition) is 3. The minimum absolute atomic E-state index is 0.0491. The van der Waals surface area contributed by atoms with Crippen LogP contribution in [0, 0.1) is 13.8 Å². The van der Waals surface area contributed by atoms with E-state index in [1.807, 2.05) is 29.2 Å². The van der Waals surface area contributed by atoms with Crippen molar-refractivity contribution in [1.82, 2.24) is 4.90 Å². The smallest absolute Gasteiger partial charge is 0.257 e. The molecule has 0 aromatic heterocycles. The van der Waals surface area contributed by atoms with E-state index in [4.69, 9.17) is 4.74 Å². The van der Waals surface area contributed by atoms with Crippen LogP contribution in [0.5, 0.6) is 5.75 Å². The third-order valence-corrected chi connectivity index (χ3v) is 4.61. The number of benzene rings is 2. The lowest BCUT2D eigenvalue weighted by Crippen LogP contribution is -2.49. The molecule has 3 rings (SSSR count). The largest absolute Gasteiger partial charge is 0.496 e. The van der Waals surface area contributed by atoms with E-state index in [0.717, 1.165) is 26.2 Å². The minimum atomic E-state index is 0.0491. The van der Waals surface area contributed by atoms with Gasteiger partial charge in [0, 0.05) is 31.9 Å². The lowest BCUT2D eigenvalue weighted by atomic mass is 10.1. The second-order valence-electron chi connectivity index (χ2n) is 6.27. The second-order valence-corrected chi connectivity index (χ2v) is 6.27. The molecule has 1 amide bonds. The highest BCUT2D eigenvalue weighted by Gasteiger charge is 2.24. The Labute approximate surface area is 143 Å². The standard InChI is InChI=1S/C20H24N2O2/c1-15-8-9-16(2)18(14-15)21-10-12-22(13-11-21)20(23)17-6-4-5-7-19(17)24-3/h4-9,14H,10-13H2,1-3H3. The first-order valence-electron chi connectivity index (χ1n) is 8.34. The van der Waals surface area contributed by atoms with Crippen LogP contribution in [0.4, 0.5) is 5.69 Å². The van der Waals surface area contributed by atoms with Crippen LogP contribution in [0.3, 0.4) is 0 Å². The molecule has 0 N–H and O–H groups in total. The van der Waals surface area contributed by atoms with E-state index in [2.05, 4.69) is 36.9 Å². The summed E-state index contributed by atoms with van der Waals surface area (Å²) in [7, 11) is 1.60. The molecule has 24 heavy (non-hydrogen) atoms. The van der Waals surface area contributed by atoms with Crippen molar-refractivity contribution in [2.24, 2.45) is 0 Å². The van der Waals surface area contributed by atoms with Gasteiger partial charge in [-0.25, -0.2) is 0 Å². The first-order valence-corrected chi connectivity index (χ1v) is 8.34. The molecule has 2 aromatic rings. The number of piperazine rings is 1. The van der Waals surface area contributed by atoms with E-state index in [-0.39, 0.29) is 5.91 Å². The van der Waals surface area contributed by atoms with E-state index in [0.29, 0.717) is 11.3 Å². The van der Waals surface area contributed by atoms with Gasteiger partial charge in [0.2, 0.25) is 0 Å². The zero-order valence-electron chi connectivity index (χ0n) is 14.6. The van der Waals surface area contributed by atoms with Crippen LogP contribution >= 0.6 is 0 Å². The van der Waals surface area contributed by atoms with Gasteiger partial charge in [0.25, 0.3) is 5.91 Å². The van der Waals surface area contributed by atoms with Crippen LogP contribution in [-0.2, 0) is 0 Å². The maximum atomic E-state index is 12.8. The Hall–Kier alpha value is -2.49. The maximum Gasteiger partial charge on any atom is 0.257 e. The van der Waals surface area contributed by atoms with Crippen LogP contribution in [-0.4, -0.2) is 44.1 Å². The molecule has 4 nitrogen and oxygen atoms in total. The molecule has 0 spiro atoms. The predicted octanol–water partition coefficient (Wildman–Crippen LogP) is 3.27. The van der Waals surface area contributed by atoms with Crippen molar-refractivity contribution in [3.05, 3.63) is 59.2 Å². The number of anilines is 1. The summed E-state index contributed by atoms with van der Waals surface area (Å²) in [6.07, 6.45) is 0. The van der Waals surface area contributed by atoms with Crippen molar-refractivity contribution in [1.29, 1.82) is 0 Å². The van der Waals surface area contributed by atoms with Crippen LogP contribution in [0.25, 0.3) is 0 Å². The Kier molecular flexibility index (Phi) is 4.74. The summed E-state index contributed by atoms with van der Waals surface area (Å²) in [6.45, 7) is 7.41. The van der Waals surface area contributed by atoms with Crippen molar-refractivity contribution in [3.63, 3.8) is 0 Å². The molecular weight excluding hydrogens is 300 g/mol. The molecule has 1 heterocycles. The fraction of sp³-hybridized carbons (Fsp3) is 0.350. The quantitative estimate of drug-likeness (QED) is 0.869. The molecule has 0 radical (unpaired) electrons. The Morgan fingerprint density at radius 1 is 1.00 bits per heavy atom. The van der Waals surface area contributed by atoms with Crippen LogP contribution in [0.2, 0.25) is 0 Å². The first kappa shape index (κ1) is 16.4. The molecule has 126 valence electrons. The van der Waals surface area contributed by atoms with Crippen LogP contribution < -0.4 is 9.64 Å². The van der Waals surface area contributed by atoms with Gasteiger partial charge >= 0.3 is 0 Å². The molecule has 1 aliphatic rings. The van der Waals surface area contributed by atoms with Crippen LogP contribution in [0.15, 0.2) is 42.5 Å². The molecule has 0 saturated carbocycles. The van der Waals surface area contributed by atoms with E-state index in [1.54, 1.807) is 7.11 Å². The van der Waals surface area contributed by atoms with Gasteiger partial charge in [0.15, 0.2) is 0 Å². The molecular formula is C20H24N2O2. The van der Waals surface area contributed by atoms with Gasteiger partial charge in [-0.15, -0.1) is 0 Å². The molecule has 4 heteroatoms. The number of carbonyl (C=O) groups is 1. The fourth-order valence-electron chi connectivity index (χ4n) is 3.20. The monoisotopic (exact) mass is 324 g/mol. The number of amides is 1. The normalized spacial score (nSPS) is 14.6. The average molecular weight is 324 g/mol. The number of para-hydroxylation sites is 1. The van der Waals surface area contributed by atoms with Gasteiger partial charge in [-0.05, 0) is 43.2 Å². The lowest BCUT2D eigenvalue weighted by Gasteiger charge is -2.37. The highest BCUT2D eigenvalue weighted by Crippen LogP contribution is 2.24. The van der Waals surface area contributed by atoms with Crippen molar-refractivity contribution in [3.8, 4) is 5.75 Å². The number of nitrogens with zero attached hydrogens (tertiary/aromatic N) is 2. The number of rotatable bonds is 3. The molecule has 0 unspecified atom stereocenters. The lowest BCUT2D eigenvalue weighted by molar-refractivity contribution is 0.0743. The minimum Gasteiger partial charge on any atom is -0.496 e. The van der Waals surface area contributed by atoms with E-state index in [9.17, 15) is 4.79 Å². The Morgan fingerprint density at radius 2 is 1.71 bits per heavy atom. The zero-order valence-corrected chi connectivity index (χ0v) is 14.6. The third kappa shape index (κ3) is 3.23. The third-order valence-electron chi connectivity index (χ3n) is 4.61. The van der Waals surface area contributed by atoms with Crippen molar-refractivity contribution < 1.29 is 9.53 Å². The highest BCUT2D eigenvalue weighted by molar-refractivity contribution is 5.97. The molecule has 0 bridgehead atoms. The van der Waals surface area contributed by atoms with E-state index < -0.39 is 0 Å². The average Bonchev–Trinajstić information content (AvgIpc) is 2.63. The number of methoxy groups -OCH3 is 1. The predicted molar refractivity (Wildman–Crippen MR) is 97.0 cm³/mol. The number of aryl methyl sites for hydroxylation is 2. The SMILES string of the molecule is COc1ccccc1C(=O)N1CCN(c2cc(C)ccc2C)CC1. The second kappa shape index (κ2) is 6.95. The molecule has 1 saturated heterocycles. The maximum absolute atomic E-state index is 12.8. The topological polar surface area (TPSA) is 32.8 Å². The Balaban J connectivity index is 1.71. The molecule has 2 aromatic carbocycles. The molecule has 1 fully saturated rings. The highest BCUT2D eigenvalue weighted by atomic mass is 16.5. The van der Waals surface area contributed by atoms with Gasteiger partial charge in [-0.3, -0.25) is 4.79 Å². The van der Waals surface area contributed by atoms with Gasteiger partial charge < -0.3 is 14.5 Å². The summed E-state index contributed by atoms with van der Waals surface area (Å²) >= 11 is 0. The summed E-state index contributed by atoms with van der Waals surface area (Å²) in [4.78, 5) is 17.1. The van der Waals surface area contributed by atoms with E-state index >= 15 is 0 Å². The zero-order chi connectivity index (χ0) is 17.1. The van der Waals surface area contributed by atoms with Gasteiger partial charge in [-0.1, -0.05) is 24.3 Å². The van der Waals surface area contributed by atoms with Gasteiger partial charge in [0.1, 0.15) is 5.75 Å². The van der Waals surface area contributed by atoms with E-state index in [1.165, 1.54) is 16.8 Å². The molecule has 1 aliphatic heterocycles. The van der Waals surface area contributed by atoms with Gasteiger partial charge in [0.05, 0.1) is 12.7 Å². The van der Waals surface area contributed by atoms with Crippen LogP contribution in [0.1, 0.15) is 21.5 Å². The molecule has 0 atom stereocenters. The van der Waals surface area contributed by atoms with Crippen molar-refractivity contribution in [2.75, 3.05) is 38.2 Å². The summed E-state index contributed by atoms with van der Waals surface area (Å²) in [6, 6.07) is 14.0. The number of ether oxygens (including phenoxy) is 1. The summed E-state index contributed by atoms with van der Waals surface area (Å²) in [5.74, 6) is 0.688. The summed E-state index contributed by atoms with van der Waals surface area (Å²) < 4.78 is 5.32. The Morgan fingerprint density at radius 3 is 2.42 bits per heavy atom. The van der Waals surface area contributed by atoms with Gasteiger partial charge in [-0.2, -0.15) is 0 Å². The summed E-state index contributed by atoms with van der Waals surface area (Å²) in [5.41, 5.74) is 4.47. The summed E-state index contributed by atoms with van der Waals surface area (Å²) in [5, 5.41) is 0. The Bertz CT molecular complexity index is 734. The number of hydrogen-bond donors (Lipinski definition) is 0. The fourth-order valence-corrected chi connectivity index (χ4v) is 3.20. The first-order chi connectivity index (χ1) is 11.6. The molecule has 0 aliphatic carbocycles.